The SMILES string of the molecule is COCCS(=O)c1ccc(C(C)(C)C)cc1. The Hall–Kier alpha value is -0.670. The zero-order valence-electron chi connectivity index (χ0n) is 10.4. The van der Waals surface area contributed by atoms with Crippen LogP contribution in [0.1, 0.15) is 26.3 Å². The molecule has 0 saturated heterocycles. The molecule has 1 rings (SSSR count). The van der Waals surface area contributed by atoms with E-state index in [1.54, 1.807) is 7.11 Å². The highest BCUT2D eigenvalue weighted by molar-refractivity contribution is 7.85. The van der Waals surface area contributed by atoms with Crippen LogP contribution in [0.2, 0.25) is 0 Å². The molecule has 0 fully saturated rings. The van der Waals surface area contributed by atoms with Gasteiger partial charge in [-0.25, -0.2) is 0 Å². The number of benzene rings is 1. The van der Waals surface area contributed by atoms with E-state index in [1.807, 2.05) is 12.1 Å². The molecular formula is C13H20O2S. The first kappa shape index (κ1) is 13.4. The molecule has 0 aliphatic carbocycles. The van der Waals surface area contributed by atoms with Crippen LogP contribution in [0.15, 0.2) is 29.2 Å². The fourth-order valence-electron chi connectivity index (χ4n) is 1.38. The summed E-state index contributed by atoms with van der Waals surface area (Å²) in [6, 6.07) is 8.01. The van der Waals surface area contributed by atoms with E-state index < -0.39 is 10.8 Å². The molecule has 0 aromatic heterocycles. The predicted octanol–water partition coefficient (Wildman–Crippen LogP) is 2.74. The number of rotatable bonds is 4. The van der Waals surface area contributed by atoms with E-state index in [2.05, 4.69) is 32.9 Å². The Bertz CT molecular complexity index is 349. The van der Waals surface area contributed by atoms with Gasteiger partial charge < -0.3 is 4.74 Å². The zero-order chi connectivity index (χ0) is 12.2. The van der Waals surface area contributed by atoms with Crippen LogP contribution in [-0.2, 0) is 21.0 Å². The first-order chi connectivity index (χ1) is 7.45. The minimum atomic E-state index is -0.943. The van der Waals surface area contributed by atoms with E-state index in [0.29, 0.717) is 12.4 Å². The third kappa shape index (κ3) is 3.72. The molecule has 1 aromatic rings. The van der Waals surface area contributed by atoms with Crippen molar-refractivity contribution in [2.75, 3.05) is 19.5 Å². The monoisotopic (exact) mass is 240 g/mol. The summed E-state index contributed by atoms with van der Waals surface area (Å²) < 4.78 is 16.7. The van der Waals surface area contributed by atoms with Crippen LogP contribution in [0, 0.1) is 0 Å². The summed E-state index contributed by atoms with van der Waals surface area (Å²) in [6.45, 7) is 7.05. The molecule has 1 atom stereocenters. The molecule has 0 N–H and O–H groups in total. The molecule has 0 aliphatic heterocycles. The molecule has 0 spiro atoms. The van der Waals surface area contributed by atoms with Crippen molar-refractivity contribution < 1.29 is 8.95 Å². The fraction of sp³-hybridized carbons (Fsp3) is 0.538. The number of methoxy groups -OCH3 is 1. The van der Waals surface area contributed by atoms with Gasteiger partial charge in [-0.3, -0.25) is 4.21 Å². The van der Waals surface area contributed by atoms with E-state index in [0.717, 1.165) is 4.90 Å². The topological polar surface area (TPSA) is 26.3 Å². The van der Waals surface area contributed by atoms with Gasteiger partial charge in [0, 0.05) is 12.0 Å². The highest BCUT2D eigenvalue weighted by Crippen LogP contribution is 2.22. The maximum Gasteiger partial charge on any atom is 0.0581 e. The molecule has 0 heterocycles. The van der Waals surface area contributed by atoms with Gasteiger partial charge in [-0.1, -0.05) is 32.9 Å². The zero-order valence-corrected chi connectivity index (χ0v) is 11.3. The van der Waals surface area contributed by atoms with Gasteiger partial charge in [-0.15, -0.1) is 0 Å². The summed E-state index contributed by atoms with van der Waals surface area (Å²) in [5.74, 6) is 0.561. The quantitative estimate of drug-likeness (QED) is 0.809. The molecule has 2 nitrogen and oxygen atoms in total. The summed E-state index contributed by atoms with van der Waals surface area (Å²) in [7, 11) is 0.682. The van der Waals surface area contributed by atoms with Crippen LogP contribution in [0.4, 0.5) is 0 Å². The normalized spacial score (nSPS) is 13.8. The largest absolute Gasteiger partial charge is 0.384 e. The second kappa shape index (κ2) is 5.60. The Kier molecular flexibility index (Phi) is 4.69. The number of hydrogen-bond acceptors (Lipinski definition) is 2. The lowest BCUT2D eigenvalue weighted by Crippen LogP contribution is -2.11. The lowest BCUT2D eigenvalue weighted by molar-refractivity contribution is 0.218. The van der Waals surface area contributed by atoms with Gasteiger partial charge in [-0.05, 0) is 23.1 Å². The van der Waals surface area contributed by atoms with Crippen molar-refractivity contribution in [3.63, 3.8) is 0 Å². The molecule has 0 saturated carbocycles. The second-order valence-corrected chi connectivity index (χ2v) is 6.39. The summed E-state index contributed by atoms with van der Waals surface area (Å²) >= 11 is 0. The highest BCUT2D eigenvalue weighted by Gasteiger charge is 2.13. The van der Waals surface area contributed by atoms with Crippen molar-refractivity contribution in [2.24, 2.45) is 0 Å². The Morgan fingerprint density at radius 2 is 1.75 bits per heavy atom. The molecule has 1 unspecified atom stereocenters. The molecular weight excluding hydrogens is 220 g/mol. The average molecular weight is 240 g/mol. The van der Waals surface area contributed by atoms with Gasteiger partial charge in [0.2, 0.25) is 0 Å². The van der Waals surface area contributed by atoms with Gasteiger partial charge in [0.25, 0.3) is 0 Å². The summed E-state index contributed by atoms with van der Waals surface area (Å²) in [5.41, 5.74) is 1.41. The molecule has 0 radical (unpaired) electrons. The smallest absolute Gasteiger partial charge is 0.0581 e. The minimum Gasteiger partial charge on any atom is -0.384 e. The fourth-order valence-corrected chi connectivity index (χ4v) is 2.38. The molecule has 90 valence electrons. The van der Waals surface area contributed by atoms with Crippen LogP contribution in [0.25, 0.3) is 0 Å². The van der Waals surface area contributed by atoms with Crippen molar-refractivity contribution in [1.82, 2.24) is 0 Å². The number of hydrogen-bond donors (Lipinski definition) is 0. The Morgan fingerprint density at radius 1 is 1.19 bits per heavy atom. The van der Waals surface area contributed by atoms with E-state index in [9.17, 15) is 4.21 Å². The molecule has 0 aliphatic rings. The maximum absolute atomic E-state index is 11.8. The Labute approximate surface area is 100 Å². The van der Waals surface area contributed by atoms with Gasteiger partial charge in [0.15, 0.2) is 0 Å². The summed E-state index contributed by atoms with van der Waals surface area (Å²) in [4.78, 5) is 0.880. The molecule has 3 heteroatoms. The highest BCUT2D eigenvalue weighted by atomic mass is 32.2. The summed E-state index contributed by atoms with van der Waals surface area (Å²) in [5, 5.41) is 0. The molecule has 0 bridgehead atoms. The van der Waals surface area contributed by atoms with Gasteiger partial charge >= 0.3 is 0 Å². The predicted molar refractivity (Wildman–Crippen MR) is 68.3 cm³/mol. The van der Waals surface area contributed by atoms with Crippen molar-refractivity contribution in [2.45, 2.75) is 31.1 Å². The van der Waals surface area contributed by atoms with E-state index in [1.165, 1.54) is 5.56 Å². The van der Waals surface area contributed by atoms with E-state index in [4.69, 9.17) is 4.74 Å². The number of ether oxygens (including phenoxy) is 1. The second-order valence-electron chi connectivity index (χ2n) is 4.82. The Balaban J connectivity index is 2.75. The van der Waals surface area contributed by atoms with E-state index in [-0.39, 0.29) is 5.41 Å². The van der Waals surface area contributed by atoms with Crippen LogP contribution in [-0.4, -0.2) is 23.7 Å². The van der Waals surface area contributed by atoms with Crippen LogP contribution >= 0.6 is 0 Å². The summed E-state index contributed by atoms with van der Waals surface area (Å²) in [6.07, 6.45) is 0. The average Bonchev–Trinajstić information content (AvgIpc) is 2.25. The first-order valence-electron chi connectivity index (χ1n) is 5.43. The molecule has 0 amide bonds. The van der Waals surface area contributed by atoms with Crippen LogP contribution in [0.5, 0.6) is 0 Å². The maximum atomic E-state index is 11.8. The molecule has 1 aromatic carbocycles. The van der Waals surface area contributed by atoms with Crippen molar-refractivity contribution in [3.8, 4) is 0 Å². The third-order valence-corrected chi connectivity index (χ3v) is 3.79. The van der Waals surface area contributed by atoms with E-state index >= 15 is 0 Å². The van der Waals surface area contributed by atoms with Gasteiger partial charge in [0.1, 0.15) is 0 Å². The molecule has 16 heavy (non-hydrogen) atoms. The van der Waals surface area contributed by atoms with Crippen molar-refractivity contribution in [1.29, 1.82) is 0 Å². The first-order valence-corrected chi connectivity index (χ1v) is 6.75. The lowest BCUT2D eigenvalue weighted by atomic mass is 9.87. The Morgan fingerprint density at radius 3 is 2.19 bits per heavy atom. The third-order valence-electron chi connectivity index (χ3n) is 2.46. The van der Waals surface area contributed by atoms with Crippen LogP contribution < -0.4 is 0 Å². The standard InChI is InChI=1S/C13H20O2S/c1-13(2,3)11-5-7-12(8-6-11)16(14)10-9-15-4/h5-8H,9-10H2,1-4H3. The van der Waals surface area contributed by atoms with Crippen molar-refractivity contribution in [3.05, 3.63) is 29.8 Å². The minimum absolute atomic E-state index is 0.145. The van der Waals surface area contributed by atoms with Crippen molar-refractivity contribution >= 4 is 10.8 Å². The lowest BCUT2D eigenvalue weighted by Gasteiger charge is -2.19. The van der Waals surface area contributed by atoms with Gasteiger partial charge in [0.05, 0.1) is 23.2 Å². The van der Waals surface area contributed by atoms with Crippen LogP contribution in [0.3, 0.4) is 0 Å². The van der Waals surface area contributed by atoms with Gasteiger partial charge in [-0.2, -0.15) is 0 Å².